The molecule has 2 N–H and O–H groups in total. The topological polar surface area (TPSA) is 93.2 Å². The molecule has 1 aromatic carbocycles. The van der Waals surface area contributed by atoms with Gasteiger partial charge in [0.25, 0.3) is 5.91 Å². The van der Waals surface area contributed by atoms with Crippen molar-refractivity contribution in [3.8, 4) is 0 Å². The van der Waals surface area contributed by atoms with Crippen LogP contribution in [0.5, 0.6) is 0 Å². The van der Waals surface area contributed by atoms with E-state index in [4.69, 9.17) is 12.2 Å². The molecule has 3 heterocycles. The fraction of sp³-hybridized carbons (Fsp3) is 0.455. The molecular weight excluding hydrogens is 480 g/mol. The highest BCUT2D eigenvalue weighted by molar-refractivity contribution is 8.22. The van der Waals surface area contributed by atoms with Gasteiger partial charge in [-0.3, -0.25) is 19.4 Å². The Labute approximate surface area is 206 Å². The molecule has 0 aromatic heterocycles. The van der Waals surface area contributed by atoms with Crippen molar-refractivity contribution in [1.29, 1.82) is 0 Å². The smallest absolute Gasteiger partial charge is 0.352 e. The molecule has 11 heteroatoms. The largest absolute Gasteiger partial charge is 0.477 e. The first kappa shape index (κ1) is 24.1. The number of carbonyl (C=O) groups excluding carboxylic acids is 2. The Bertz CT molecular complexity index is 1000. The average molecular weight is 507 g/mol. The van der Waals surface area contributed by atoms with E-state index < -0.39 is 23.4 Å². The quantitative estimate of drug-likeness (QED) is 0.427. The number of benzene rings is 1. The van der Waals surface area contributed by atoms with Gasteiger partial charge in [0.2, 0.25) is 5.91 Å². The van der Waals surface area contributed by atoms with Crippen molar-refractivity contribution in [1.82, 2.24) is 20.0 Å². The molecule has 2 fully saturated rings. The van der Waals surface area contributed by atoms with Crippen LogP contribution in [0.15, 0.2) is 41.6 Å². The predicted molar refractivity (Wildman–Crippen MR) is 133 cm³/mol. The van der Waals surface area contributed by atoms with Crippen molar-refractivity contribution >= 4 is 57.8 Å². The SMILES string of the molecule is CCCN1CN(C(C(=O)N[C@@H]2C(=O)N3C(C(=O)O)=C(C)CSC23)c2ccccc2)CSC1=S. The van der Waals surface area contributed by atoms with E-state index in [1.54, 1.807) is 6.92 Å². The zero-order valence-corrected chi connectivity index (χ0v) is 20.8. The van der Waals surface area contributed by atoms with E-state index in [1.807, 2.05) is 30.3 Å². The van der Waals surface area contributed by atoms with Gasteiger partial charge in [-0.1, -0.05) is 61.2 Å². The molecular formula is C22H26N4O4S3. The minimum absolute atomic E-state index is 0.0324. The van der Waals surface area contributed by atoms with Gasteiger partial charge in [0.05, 0.1) is 12.5 Å². The van der Waals surface area contributed by atoms with Crippen molar-refractivity contribution in [2.75, 3.05) is 24.8 Å². The summed E-state index contributed by atoms with van der Waals surface area (Å²) in [5, 5.41) is 12.1. The maximum Gasteiger partial charge on any atom is 0.352 e. The number of carboxylic acid groups (broad SMARTS) is 1. The van der Waals surface area contributed by atoms with Gasteiger partial charge in [-0.2, -0.15) is 0 Å². The highest BCUT2D eigenvalue weighted by Gasteiger charge is 2.54. The lowest BCUT2D eigenvalue weighted by Crippen LogP contribution is -2.71. The molecule has 8 nitrogen and oxygen atoms in total. The van der Waals surface area contributed by atoms with Crippen molar-refractivity contribution in [3.05, 3.63) is 47.2 Å². The number of thioether (sulfide) groups is 2. The monoisotopic (exact) mass is 506 g/mol. The molecule has 2 unspecified atom stereocenters. The van der Waals surface area contributed by atoms with Crippen LogP contribution in [0, 0.1) is 0 Å². The second-order valence-corrected chi connectivity index (χ2v) is 10.9. The molecule has 3 atom stereocenters. The third-order valence-corrected chi connectivity index (χ3v) is 8.85. The molecule has 0 bridgehead atoms. The van der Waals surface area contributed by atoms with Crippen molar-refractivity contribution in [2.24, 2.45) is 0 Å². The van der Waals surface area contributed by atoms with Gasteiger partial charge in [0.1, 0.15) is 27.5 Å². The number of amides is 2. The third kappa shape index (κ3) is 4.64. The summed E-state index contributed by atoms with van der Waals surface area (Å²) in [6.07, 6.45) is 0.945. The summed E-state index contributed by atoms with van der Waals surface area (Å²) in [6, 6.07) is 8.16. The molecule has 3 aliphatic heterocycles. The highest BCUT2D eigenvalue weighted by Crippen LogP contribution is 2.40. The lowest BCUT2D eigenvalue weighted by molar-refractivity contribution is -0.151. The number of nitrogens with one attached hydrogen (secondary N) is 1. The number of carbonyl (C=O) groups is 3. The van der Waals surface area contributed by atoms with E-state index >= 15 is 0 Å². The summed E-state index contributed by atoms with van der Waals surface area (Å²) >= 11 is 8.49. The Morgan fingerprint density at radius 1 is 1.30 bits per heavy atom. The summed E-state index contributed by atoms with van der Waals surface area (Å²) in [5.74, 6) is -0.689. The van der Waals surface area contributed by atoms with Gasteiger partial charge >= 0.3 is 5.97 Å². The third-order valence-electron chi connectivity index (χ3n) is 5.85. The van der Waals surface area contributed by atoms with Crippen LogP contribution >= 0.6 is 35.7 Å². The van der Waals surface area contributed by atoms with Crippen molar-refractivity contribution < 1.29 is 19.5 Å². The normalized spacial score (nSPS) is 24.3. The van der Waals surface area contributed by atoms with Crippen molar-refractivity contribution in [2.45, 2.75) is 37.7 Å². The van der Waals surface area contributed by atoms with Crippen molar-refractivity contribution in [3.63, 3.8) is 0 Å². The number of thiocarbonyl (C=S) groups is 1. The molecule has 1 aromatic rings. The number of β-lactam (4-membered cyclic amide) rings is 1. The van der Waals surface area contributed by atoms with E-state index in [0.717, 1.165) is 22.8 Å². The molecule has 2 saturated heterocycles. The molecule has 4 rings (SSSR count). The van der Waals surface area contributed by atoms with Gasteiger partial charge in [0, 0.05) is 12.3 Å². The Kier molecular flexibility index (Phi) is 7.32. The van der Waals surface area contributed by atoms with Gasteiger partial charge in [0.15, 0.2) is 0 Å². The fourth-order valence-corrected chi connectivity index (χ4v) is 6.74. The maximum atomic E-state index is 13.6. The average Bonchev–Trinajstić information content (AvgIpc) is 2.80. The maximum absolute atomic E-state index is 13.6. The summed E-state index contributed by atoms with van der Waals surface area (Å²) in [6.45, 7) is 5.15. The molecule has 0 radical (unpaired) electrons. The van der Waals surface area contributed by atoms with Crippen LogP contribution in [0.2, 0.25) is 0 Å². The van der Waals surface area contributed by atoms with E-state index in [1.165, 1.54) is 28.4 Å². The van der Waals surface area contributed by atoms with Crippen LogP contribution in [0.4, 0.5) is 0 Å². The second-order valence-electron chi connectivity index (χ2n) is 8.18. The second kappa shape index (κ2) is 10.0. The zero-order valence-electron chi connectivity index (χ0n) is 18.4. The number of hydrogen-bond donors (Lipinski definition) is 2. The zero-order chi connectivity index (χ0) is 23.7. The van der Waals surface area contributed by atoms with Crippen LogP contribution in [0.3, 0.4) is 0 Å². The van der Waals surface area contributed by atoms with Crippen LogP contribution in [0.1, 0.15) is 31.9 Å². The Balaban J connectivity index is 1.54. The first-order valence-electron chi connectivity index (χ1n) is 10.7. The highest BCUT2D eigenvalue weighted by atomic mass is 32.2. The van der Waals surface area contributed by atoms with Crippen LogP contribution < -0.4 is 5.32 Å². The number of aliphatic carboxylic acids is 1. The van der Waals surface area contributed by atoms with Gasteiger partial charge < -0.3 is 15.3 Å². The van der Waals surface area contributed by atoms with Gasteiger partial charge in [-0.25, -0.2) is 4.79 Å². The van der Waals surface area contributed by atoms with Crippen LogP contribution in [-0.2, 0) is 14.4 Å². The molecule has 0 aliphatic carbocycles. The number of carboxylic acids is 1. The molecule has 176 valence electrons. The minimum atomic E-state index is -1.12. The predicted octanol–water partition coefficient (Wildman–Crippen LogP) is 2.45. The van der Waals surface area contributed by atoms with Gasteiger partial charge in [-0.15, -0.1) is 11.8 Å². The Morgan fingerprint density at radius 3 is 2.70 bits per heavy atom. The van der Waals surface area contributed by atoms with Gasteiger partial charge in [-0.05, 0) is 24.5 Å². The molecule has 2 amide bonds. The number of hydrogen-bond acceptors (Lipinski definition) is 7. The molecule has 33 heavy (non-hydrogen) atoms. The first-order chi connectivity index (χ1) is 15.8. The first-order valence-corrected chi connectivity index (χ1v) is 13.2. The summed E-state index contributed by atoms with van der Waals surface area (Å²) in [5.41, 5.74) is 1.52. The van der Waals surface area contributed by atoms with E-state index in [9.17, 15) is 19.5 Å². The summed E-state index contributed by atoms with van der Waals surface area (Å²) in [7, 11) is 0. The van der Waals surface area contributed by atoms with Crippen LogP contribution in [0.25, 0.3) is 0 Å². The molecule has 3 aliphatic rings. The standard InChI is InChI=1S/C22H26N4O4S3/c1-3-9-24-11-25(12-33-22(24)31)17(14-7-5-4-6-8-14)18(27)23-15-19(28)26-16(21(29)30)13(2)10-32-20(15)26/h4-8,15,17,20H,3,9-12H2,1-2H3,(H,23,27)(H,29,30)/t15-,17?,20?/m1/s1. The number of rotatable bonds is 7. The Hall–Kier alpha value is -2.08. The minimum Gasteiger partial charge on any atom is -0.477 e. The fourth-order valence-electron chi connectivity index (χ4n) is 4.31. The molecule has 0 saturated carbocycles. The Morgan fingerprint density at radius 2 is 2.03 bits per heavy atom. The van der Waals surface area contributed by atoms with Crippen LogP contribution in [-0.4, -0.2) is 78.2 Å². The summed E-state index contributed by atoms with van der Waals surface area (Å²) in [4.78, 5) is 43.5. The van der Waals surface area contributed by atoms with E-state index in [-0.39, 0.29) is 17.5 Å². The molecule has 0 spiro atoms. The lowest BCUT2D eigenvalue weighted by Gasteiger charge is -2.49. The number of nitrogens with zero attached hydrogens (tertiary/aromatic N) is 3. The van der Waals surface area contributed by atoms with E-state index in [2.05, 4.69) is 22.0 Å². The van der Waals surface area contributed by atoms with E-state index in [0.29, 0.717) is 23.9 Å². The lowest BCUT2D eigenvalue weighted by atomic mass is 10.0. The number of fused-ring (bicyclic) bond motifs is 1. The summed E-state index contributed by atoms with van der Waals surface area (Å²) < 4.78 is 0.826.